The number of halogens is 2. The predicted octanol–water partition coefficient (Wildman–Crippen LogP) is 6.30. The minimum absolute atomic E-state index is 0.0503. The van der Waals surface area contributed by atoms with Crippen LogP contribution in [-0.4, -0.2) is 22.9 Å². The van der Waals surface area contributed by atoms with Gasteiger partial charge in [0.15, 0.2) is 11.5 Å². The van der Waals surface area contributed by atoms with Crippen molar-refractivity contribution in [3.8, 4) is 11.5 Å². The van der Waals surface area contributed by atoms with Crippen LogP contribution < -0.4 is 9.47 Å². The molecule has 3 aromatic carbocycles. The molecule has 0 radical (unpaired) electrons. The maximum absolute atomic E-state index is 14.0. The smallest absolute Gasteiger partial charge is 0.254 e. The Hall–Kier alpha value is -3.90. The third-order valence-electron chi connectivity index (χ3n) is 5.42. The zero-order valence-electron chi connectivity index (χ0n) is 19.2. The van der Waals surface area contributed by atoms with Crippen LogP contribution in [0.25, 0.3) is 0 Å². The number of hydrogen-bond donors (Lipinski definition) is 0. The average molecular weight is 491 g/mol. The Kier molecular flexibility index (Phi) is 7.95. The minimum atomic E-state index is -0.335. The van der Waals surface area contributed by atoms with Gasteiger partial charge in [0.05, 0.1) is 7.11 Å². The molecule has 1 heterocycles. The molecule has 35 heavy (non-hydrogen) atoms. The molecule has 0 aliphatic carbocycles. The van der Waals surface area contributed by atoms with Crippen LogP contribution in [0.4, 0.5) is 4.39 Å². The first-order chi connectivity index (χ1) is 17.0. The first-order valence-electron chi connectivity index (χ1n) is 11.0. The molecule has 0 unspecified atom stereocenters. The Morgan fingerprint density at radius 1 is 0.914 bits per heavy atom. The van der Waals surface area contributed by atoms with Crippen LogP contribution in [0, 0.1) is 5.82 Å². The first kappa shape index (κ1) is 24.2. The highest BCUT2D eigenvalue weighted by Gasteiger charge is 2.18. The normalized spacial score (nSPS) is 10.6. The largest absolute Gasteiger partial charge is 0.493 e. The summed E-state index contributed by atoms with van der Waals surface area (Å²) in [6.45, 7) is 0.744. The topological polar surface area (TPSA) is 51.7 Å². The van der Waals surface area contributed by atoms with E-state index >= 15 is 0 Å². The number of amides is 1. The monoisotopic (exact) mass is 490 g/mol. The van der Waals surface area contributed by atoms with Crippen molar-refractivity contribution in [1.29, 1.82) is 0 Å². The van der Waals surface area contributed by atoms with E-state index in [4.69, 9.17) is 21.1 Å². The highest BCUT2D eigenvalue weighted by atomic mass is 35.5. The lowest BCUT2D eigenvalue weighted by Crippen LogP contribution is -2.30. The standard InChI is InChI=1S/C28H24ClFN2O3/c1-34-26-10-9-21(15-27(26)35-19-23-5-2-3-8-25(23)30)18-32(17-20-11-13-31-14-12-20)28(33)22-6-4-7-24(29)16-22/h2-16H,17-19H2,1H3. The van der Waals surface area contributed by atoms with Crippen molar-refractivity contribution in [2.24, 2.45) is 0 Å². The number of benzene rings is 3. The van der Waals surface area contributed by atoms with Crippen LogP contribution in [0.3, 0.4) is 0 Å². The minimum Gasteiger partial charge on any atom is -0.493 e. The molecule has 5 nitrogen and oxygen atoms in total. The number of nitrogens with zero attached hydrogens (tertiary/aromatic N) is 2. The van der Waals surface area contributed by atoms with Gasteiger partial charge < -0.3 is 14.4 Å². The highest BCUT2D eigenvalue weighted by molar-refractivity contribution is 6.30. The number of carbonyl (C=O) groups is 1. The number of aromatic nitrogens is 1. The van der Waals surface area contributed by atoms with Gasteiger partial charge in [0.2, 0.25) is 0 Å². The van der Waals surface area contributed by atoms with Crippen LogP contribution in [-0.2, 0) is 19.7 Å². The van der Waals surface area contributed by atoms with E-state index in [0.717, 1.165) is 11.1 Å². The Labute approximate surface area is 208 Å². The van der Waals surface area contributed by atoms with Crippen molar-refractivity contribution in [3.63, 3.8) is 0 Å². The summed E-state index contributed by atoms with van der Waals surface area (Å²) in [4.78, 5) is 19.2. The molecule has 4 rings (SSSR count). The summed E-state index contributed by atoms with van der Waals surface area (Å²) in [5.74, 6) is 0.492. The lowest BCUT2D eigenvalue weighted by atomic mass is 10.1. The lowest BCUT2D eigenvalue weighted by Gasteiger charge is -2.24. The molecule has 0 saturated carbocycles. The molecule has 4 aromatic rings. The molecule has 0 atom stereocenters. The van der Waals surface area contributed by atoms with Gasteiger partial charge in [-0.1, -0.05) is 41.9 Å². The maximum Gasteiger partial charge on any atom is 0.254 e. The van der Waals surface area contributed by atoms with E-state index in [9.17, 15) is 9.18 Å². The average Bonchev–Trinajstić information content (AvgIpc) is 2.88. The van der Waals surface area contributed by atoms with Crippen LogP contribution in [0.2, 0.25) is 5.02 Å². The molecule has 0 N–H and O–H groups in total. The summed E-state index contributed by atoms with van der Waals surface area (Å²) in [7, 11) is 1.55. The summed E-state index contributed by atoms with van der Waals surface area (Å²) in [5, 5.41) is 0.494. The van der Waals surface area contributed by atoms with Crippen molar-refractivity contribution in [2.75, 3.05) is 7.11 Å². The first-order valence-corrected chi connectivity index (χ1v) is 11.4. The van der Waals surface area contributed by atoms with Crippen molar-refractivity contribution in [3.05, 3.63) is 124 Å². The van der Waals surface area contributed by atoms with Crippen molar-refractivity contribution < 1.29 is 18.7 Å². The Bertz CT molecular complexity index is 1300. The molecule has 0 bridgehead atoms. The van der Waals surface area contributed by atoms with E-state index in [2.05, 4.69) is 4.98 Å². The van der Waals surface area contributed by atoms with E-state index in [-0.39, 0.29) is 18.3 Å². The summed E-state index contributed by atoms with van der Waals surface area (Å²) in [5.41, 5.74) is 2.71. The molecule has 0 aliphatic heterocycles. The van der Waals surface area contributed by atoms with Gasteiger partial charge in [0.25, 0.3) is 5.91 Å². The third kappa shape index (κ3) is 6.37. The van der Waals surface area contributed by atoms with Gasteiger partial charge in [-0.25, -0.2) is 4.39 Å². The molecule has 7 heteroatoms. The Morgan fingerprint density at radius 2 is 1.69 bits per heavy atom. The Morgan fingerprint density at radius 3 is 2.43 bits per heavy atom. The van der Waals surface area contributed by atoms with Gasteiger partial charge in [0.1, 0.15) is 12.4 Å². The van der Waals surface area contributed by atoms with Crippen molar-refractivity contribution in [2.45, 2.75) is 19.7 Å². The molecule has 1 aromatic heterocycles. The zero-order valence-corrected chi connectivity index (χ0v) is 19.9. The SMILES string of the molecule is COc1ccc(CN(Cc2ccncc2)C(=O)c2cccc(Cl)c2)cc1OCc1ccccc1F. The summed E-state index contributed by atoms with van der Waals surface area (Å²) >= 11 is 6.13. The zero-order chi connectivity index (χ0) is 24.6. The van der Waals surface area contributed by atoms with Crippen LogP contribution in [0.15, 0.2) is 91.3 Å². The molecule has 0 saturated heterocycles. The summed E-state index contributed by atoms with van der Waals surface area (Å²) in [6.07, 6.45) is 3.39. The maximum atomic E-state index is 14.0. The number of rotatable bonds is 9. The number of hydrogen-bond acceptors (Lipinski definition) is 4. The molecular weight excluding hydrogens is 467 g/mol. The fourth-order valence-electron chi connectivity index (χ4n) is 3.64. The molecule has 0 aliphatic rings. The second-order valence-corrected chi connectivity index (χ2v) is 8.33. The van der Waals surface area contributed by atoms with E-state index in [0.29, 0.717) is 40.7 Å². The van der Waals surface area contributed by atoms with E-state index < -0.39 is 0 Å². The van der Waals surface area contributed by atoms with Gasteiger partial charge in [-0.15, -0.1) is 0 Å². The van der Waals surface area contributed by atoms with Gasteiger partial charge >= 0.3 is 0 Å². The quantitative estimate of drug-likeness (QED) is 0.276. The lowest BCUT2D eigenvalue weighted by molar-refractivity contribution is 0.0729. The van der Waals surface area contributed by atoms with E-state index in [1.165, 1.54) is 6.07 Å². The van der Waals surface area contributed by atoms with Gasteiger partial charge in [-0.3, -0.25) is 9.78 Å². The van der Waals surface area contributed by atoms with E-state index in [1.54, 1.807) is 72.9 Å². The van der Waals surface area contributed by atoms with Crippen molar-refractivity contribution in [1.82, 2.24) is 9.88 Å². The van der Waals surface area contributed by atoms with Gasteiger partial charge in [0, 0.05) is 41.6 Å². The van der Waals surface area contributed by atoms with Gasteiger partial charge in [-0.05, 0) is 59.7 Å². The molecular formula is C28H24ClFN2O3. The second-order valence-electron chi connectivity index (χ2n) is 7.89. The van der Waals surface area contributed by atoms with E-state index in [1.807, 2.05) is 24.3 Å². The van der Waals surface area contributed by atoms with Crippen LogP contribution in [0.5, 0.6) is 11.5 Å². The summed E-state index contributed by atoms with van der Waals surface area (Å²) < 4.78 is 25.4. The number of carbonyl (C=O) groups excluding carboxylic acids is 1. The highest BCUT2D eigenvalue weighted by Crippen LogP contribution is 2.30. The fraction of sp³-hybridized carbons (Fsp3) is 0.143. The van der Waals surface area contributed by atoms with Gasteiger partial charge in [-0.2, -0.15) is 0 Å². The molecule has 178 valence electrons. The van der Waals surface area contributed by atoms with Crippen LogP contribution >= 0.6 is 11.6 Å². The fourth-order valence-corrected chi connectivity index (χ4v) is 3.83. The Balaban J connectivity index is 1.59. The third-order valence-corrected chi connectivity index (χ3v) is 5.66. The molecule has 0 fully saturated rings. The van der Waals surface area contributed by atoms with Crippen molar-refractivity contribution >= 4 is 17.5 Å². The number of methoxy groups -OCH3 is 1. The second kappa shape index (κ2) is 11.5. The van der Waals surface area contributed by atoms with Crippen LogP contribution in [0.1, 0.15) is 27.0 Å². The molecule has 1 amide bonds. The number of ether oxygens (including phenoxy) is 2. The summed E-state index contributed by atoms with van der Waals surface area (Å²) in [6, 6.07) is 22.5. The number of pyridine rings is 1. The predicted molar refractivity (Wildman–Crippen MR) is 133 cm³/mol. The molecule has 0 spiro atoms.